The van der Waals surface area contributed by atoms with E-state index in [-0.39, 0.29) is 35.7 Å². The van der Waals surface area contributed by atoms with Crippen molar-refractivity contribution in [2.24, 2.45) is 5.92 Å². The van der Waals surface area contributed by atoms with Crippen LogP contribution in [0.5, 0.6) is 0 Å². The number of hydrogen-bond donors (Lipinski definition) is 4. The highest BCUT2D eigenvalue weighted by molar-refractivity contribution is 7.91. The highest BCUT2D eigenvalue weighted by atomic mass is 35.5. The van der Waals surface area contributed by atoms with E-state index in [1.54, 1.807) is 39.0 Å². The SMILES string of the molecule is CC(C)(C)OC(=O)N[C@H]1CCCCCC=C[C@@H]2C[C@@]2(C(=O)NS(=O)(=O)C2CC2)NC(=O)[C@@H]2C[C@@H](NC(=O)c3sc4cccc(Cl)c4c3Cl)CN2C1=O. The summed E-state index contributed by atoms with van der Waals surface area (Å²) < 4.78 is 33.9. The molecule has 4 N–H and O–H groups in total. The number of amides is 5. The number of alkyl carbamates (subject to hydrolysis) is 1. The molecule has 3 heterocycles. The quantitative estimate of drug-likeness (QED) is 0.301. The molecule has 3 fully saturated rings. The summed E-state index contributed by atoms with van der Waals surface area (Å²) in [4.78, 5) is 70.3. The van der Waals surface area contributed by atoms with Crippen molar-refractivity contribution in [1.29, 1.82) is 0 Å². The van der Waals surface area contributed by atoms with E-state index < -0.39 is 80.2 Å². The number of allylic oxidation sites excluding steroid dienone is 1. The van der Waals surface area contributed by atoms with Crippen LogP contribution in [-0.2, 0) is 29.1 Å². The zero-order valence-electron chi connectivity index (χ0n) is 29.1. The van der Waals surface area contributed by atoms with Crippen molar-refractivity contribution in [3.05, 3.63) is 45.3 Å². The topological polar surface area (TPSA) is 180 Å². The third-order valence-electron chi connectivity index (χ3n) is 9.72. The Labute approximate surface area is 316 Å². The van der Waals surface area contributed by atoms with Gasteiger partial charge in [0, 0.05) is 28.6 Å². The maximum absolute atomic E-state index is 14.4. The van der Waals surface area contributed by atoms with E-state index in [4.69, 9.17) is 27.9 Å². The Morgan fingerprint density at radius 1 is 1.06 bits per heavy atom. The number of halogens is 2. The van der Waals surface area contributed by atoms with E-state index in [1.807, 2.05) is 12.2 Å². The summed E-state index contributed by atoms with van der Waals surface area (Å²) >= 11 is 14.1. The zero-order valence-corrected chi connectivity index (χ0v) is 32.3. The monoisotopic (exact) mass is 795 g/mol. The predicted octanol–water partition coefficient (Wildman–Crippen LogP) is 4.80. The number of benzene rings is 1. The van der Waals surface area contributed by atoms with Crippen LogP contribution in [0.25, 0.3) is 10.1 Å². The summed E-state index contributed by atoms with van der Waals surface area (Å²) in [5, 5.41) is 8.91. The average molecular weight is 797 g/mol. The first kappa shape index (κ1) is 38.3. The van der Waals surface area contributed by atoms with Crippen molar-refractivity contribution in [2.45, 2.75) is 113 Å². The Bertz CT molecular complexity index is 1920. The first-order valence-corrected chi connectivity index (χ1v) is 20.6. The Balaban J connectivity index is 1.29. The average Bonchev–Trinajstić information content (AvgIpc) is 3.95. The highest BCUT2D eigenvalue weighted by Crippen LogP contribution is 2.46. The van der Waals surface area contributed by atoms with Crippen LogP contribution in [0.3, 0.4) is 0 Å². The molecule has 282 valence electrons. The molecule has 0 radical (unpaired) electrons. The Kier molecular flexibility index (Phi) is 10.9. The second-order valence-electron chi connectivity index (χ2n) is 15.0. The normalized spacial score (nSPS) is 27.1. The van der Waals surface area contributed by atoms with Crippen molar-refractivity contribution in [3.8, 4) is 0 Å². The summed E-state index contributed by atoms with van der Waals surface area (Å²) in [5.74, 6) is -3.03. The lowest BCUT2D eigenvalue weighted by atomic mass is 10.0. The molecule has 0 spiro atoms. The molecule has 1 aromatic heterocycles. The van der Waals surface area contributed by atoms with Gasteiger partial charge < -0.3 is 25.6 Å². The molecule has 2 saturated carbocycles. The van der Waals surface area contributed by atoms with Gasteiger partial charge in [-0.25, -0.2) is 13.2 Å². The van der Waals surface area contributed by atoms with E-state index in [9.17, 15) is 32.4 Å². The number of thiophene rings is 1. The van der Waals surface area contributed by atoms with Crippen molar-refractivity contribution in [1.82, 2.24) is 25.6 Å². The van der Waals surface area contributed by atoms with E-state index in [0.717, 1.165) is 24.2 Å². The van der Waals surface area contributed by atoms with Gasteiger partial charge in [0.05, 0.1) is 15.3 Å². The largest absolute Gasteiger partial charge is 0.444 e. The van der Waals surface area contributed by atoms with Gasteiger partial charge in [-0.2, -0.15) is 0 Å². The molecule has 2 aromatic rings. The van der Waals surface area contributed by atoms with Gasteiger partial charge in [-0.15, -0.1) is 11.3 Å². The number of ether oxygens (including phenoxy) is 1. The standard InChI is InChI=1S/C35H43Cl2N5O8S2/c1-34(2,3)50-33(47)39-23-12-8-6-4-5-7-10-19-17-35(19,32(46)41-52(48,49)21-14-15-21)40-29(43)24-16-20(18-42(24)31(23)45)38-30(44)28-27(37)26-22(36)11-9-13-25(26)51-28/h7,9-11,13,19-21,23-24H,4-6,8,12,14-18H2,1-3H3,(H,38,44)(H,39,47)(H,40,43)(H,41,46)/t19-,20-,23+,24+,35-/m1/s1. The lowest BCUT2D eigenvalue weighted by Crippen LogP contribution is -2.58. The van der Waals surface area contributed by atoms with Crippen LogP contribution in [-0.4, -0.2) is 84.1 Å². The van der Waals surface area contributed by atoms with Crippen LogP contribution >= 0.6 is 34.5 Å². The first-order chi connectivity index (χ1) is 24.5. The zero-order chi connectivity index (χ0) is 37.6. The lowest BCUT2D eigenvalue weighted by molar-refractivity contribution is -0.141. The molecule has 6 rings (SSSR count). The molecular formula is C35H43Cl2N5O8S2. The summed E-state index contributed by atoms with van der Waals surface area (Å²) in [6.45, 7) is 5.03. The van der Waals surface area contributed by atoms with Crippen LogP contribution in [0.2, 0.25) is 10.0 Å². The fraction of sp³-hybridized carbons (Fsp3) is 0.571. The van der Waals surface area contributed by atoms with Crippen LogP contribution < -0.4 is 20.7 Å². The van der Waals surface area contributed by atoms with Crippen LogP contribution in [0.1, 0.15) is 88.2 Å². The molecule has 1 saturated heterocycles. The van der Waals surface area contributed by atoms with E-state index in [2.05, 4.69) is 20.7 Å². The van der Waals surface area contributed by atoms with Crippen molar-refractivity contribution in [2.75, 3.05) is 6.54 Å². The Morgan fingerprint density at radius 2 is 1.81 bits per heavy atom. The van der Waals surface area contributed by atoms with E-state index in [1.165, 1.54) is 4.90 Å². The molecule has 5 atom stereocenters. The molecule has 2 aliphatic heterocycles. The summed E-state index contributed by atoms with van der Waals surface area (Å²) in [6.07, 6.45) is 7.06. The third kappa shape index (κ3) is 8.37. The number of nitrogens with one attached hydrogen (secondary N) is 4. The van der Waals surface area contributed by atoms with Gasteiger partial charge >= 0.3 is 6.09 Å². The number of hydrogen-bond acceptors (Lipinski definition) is 9. The van der Waals surface area contributed by atoms with Gasteiger partial charge in [0.2, 0.25) is 21.8 Å². The van der Waals surface area contributed by atoms with Gasteiger partial charge in [-0.3, -0.25) is 23.9 Å². The number of sulfonamides is 1. The molecular weight excluding hydrogens is 753 g/mol. The van der Waals surface area contributed by atoms with Crippen molar-refractivity contribution in [3.63, 3.8) is 0 Å². The van der Waals surface area contributed by atoms with E-state index >= 15 is 0 Å². The summed E-state index contributed by atoms with van der Waals surface area (Å²) in [5.41, 5.74) is -2.37. The molecule has 4 aliphatic rings. The number of carbonyl (C=O) groups is 5. The van der Waals surface area contributed by atoms with Crippen LogP contribution in [0.4, 0.5) is 4.79 Å². The first-order valence-electron chi connectivity index (χ1n) is 17.5. The maximum atomic E-state index is 14.4. The lowest BCUT2D eigenvalue weighted by Gasteiger charge is -2.30. The minimum Gasteiger partial charge on any atom is -0.444 e. The highest BCUT2D eigenvalue weighted by Gasteiger charge is 2.62. The molecule has 52 heavy (non-hydrogen) atoms. The van der Waals surface area contributed by atoms with Crippen molar-refractivity contribution < 1.29 is 37.1 Å². The predicted molar refractivity (Wildman–Crippen MR) is 198 cm³/mol. The van der Waals surface area contributed by atoms with Crippen LogP contribution in [0, 0.1) is 5.92 Å². The van der Waals surface area contributed by atoms with Crippen molar-refractivity contribution >= 4 is 84.4 Å². The smallest absolute Gasteiger partial charge is 0.408 e. The molecule has 17 heteroatoms. The Morgan fingerprint density at radius 3 is 2.50 bits per heavy atom. The summed E-state index contributed by atoms with van der Waals surface area (Å²) in [6, 6.07) is 2.28. The number of carbonyl (C=O) groups excluding carboxylic acids is 5. The minimum absolute atomic E-state index is 0.0235. The van der Waals surface area contributed by atoms with Gasteiger partial charge in [-0.1, -0.05) is 54.3 Å². The molecule has 13 nitrogen and oxygen atoms in total. The second kappa shape index (κ2) is 14.8. The second-order valence-corrected chi connectivity index (χ2v) is 18.8. The third-order valence-corrected chi connectivity index (χ3v) is 13.5. The summed E-state index contributed by atoms with van der Waals surface area (Å²) in [7, 11) is -3.91. The maximum Gasteiger partial charge on any atom is 0.408 e. The fourth-order valence-electron chi connectivity index (χ4n) is 6.82. The number of fused-ring (bicyclic) bond motifs is 3. The molecule has 0 bridgehead atoms. The van der Waals surface area contributed by atoms with Crippen LogP contribution in [0.15, 0.2) is 30.4 Å². The van der Waals surface area contributed by atoms with Gasteiger partial charge in [0.1, 0.15) is 28.1 Å². The van der Waals surface area contributed by atoms with Gasteiger partial charge in [0.15, 0.2) is 0 Å². The number of nitrogens with zero attached hydrogens (tertiary/aromatic N) is 1. The van der Waals surface area contributed by atoms with Gasteiger partial charge in [-0.05, 0) is 77.8 Å². The van der Waals surface area contributed by atoms with E-state index in [0.29, 0.717) is 40.8 Å². The van der Waals surface area contributed by atoms with Gasteiger partial charge in [0.25, 0.3) is 11.8 Å². The number of rotatable bonds is 6. The molecule has 5 amide bonds. The Hall–Kier alpha value is -3.40. The molecule has 1 aromatic carbocycles. The molecule has 2 aliphatic carbocycles. The minimum atomic E-state index is -3.91. The molecule has 0 unspecified atom stereocenters. The fourth-order valence-corrected chi connectivity index (χ4v) is 10.0.